The Morgan fingerprint density at radius 2 is 1.86 bits per heavy atom. The van der Waals surface area contributed by atoms with Crippen molar-refractivity contribution in [2.75, 3.05) is 39.2 Å². The largest absolute Gasteiger partial charge is 0.490 e. The van der Waals surface area contributed by atoms with Gasteiger partial charge in [0.25, 0.3) is 0 Å². The summed E-state index contributed by atoms with van der Waals surface area (Å²) in [5.41, 5.74) is 2.23. The molecule has 0 aliphatic carbocycles. The van der Waals surface area contributed by atoms with Crippen molar-refractivity contribution < 1.29 is 9.47 Å². The van der Waals surface area contributed by atoms with E-state index in [-0.39, 0.29) is 0 Å². The lowest BCUT2D eigenvalue weighted by molar-refractivity contribution is 0.249. The number of likely N-dealkylation sites (N-methyl/N-ethyl adjacent to an activating group) is 1. The summed E-state index contributed by atoms with van der Waals surface area (Å²) in [6.45, 7) is 5.27. The van der Waals surface area contributed by atoms with Gasteiger partial charge in [0.15, 0.2) is 17.5 Å². The molecule has 1 heterocycles. The van der Waals surface area contributed by atoms with Crippen LogP contribution >= 0.6 is 0 Å². The molecular weight excluding hydrogens is 352 g/mol. The van der Waals surface area contributed by atoms with Gasteiger partial charge < -0.3 is 20.1 Å². The van der Waals surface area contributed by atoms with Crippen LogP contribution in [0.15, 0.2) is 53.5 Å². The van der Waals surface area contributed by atoms with Crippen molar-refractivity contribution in [2.45, 2.75) is 25.9 Å². The van der Waals surface area contributed by atoms with E-state index in [0.29, 0.717) is 19.3 Å². The van der Waals surface area contributed by atoms with Crippen LogP contribution in [0.1, 0.15) is 18.9 Å². The van der Waals surface area contributed by atoms with Gasteiger partial charge in [-0.3, -0.25) is 9.89 Å². The van der Waals surface area contributed by atoms with Gasteiger partial charge in [-0.1, -0.05) is 30.3 Å². The van der Waals surface area contributed by atoms with Crippen LogP contribution in [-0.2, 0) is 6.54 Å². The highest BCUT2D eigenvalue weighted by Gasteiger charge is 2.13. The molecule has 2 aromatic carbocycles. The molecule has 0 fully saturated rings. The van der Waals surface area contributed by atoms with Crippen molar-refractivity contribution in [2.24, 2.45) is 4.99 Å². The SMILES string of the molecule is CN=C(NCC(C)N(C)Cc1ccccc1)Nc1ccc2c(c1)OCCCO2. The summed E-state index contributed by atoms with van der Waals surface area (Å²) < 4.78 is 11.4. The van der Waals surface area contributed by atoms with Gasteiger partial charge in [0, 0.05) is 44.4 Å². The lowest BCUT2D eigenvalue weighted by Gasteiger charge is -2.26. The van der Waals surface area contributed by atoms with E-state index in [2.05, 4.69) is 58.8 Å². The summed E-state index contributed by atoms with van der Waals surface area (Å²) in [5, 5.41) is 6.73. The van der Waals surface area contributed by atoms with Crippen LogP contribution in [0.5, 0.6) is 11.5 Å². The first kappa shape index (κ1) is 20.0. The van der Waals surface area contributed by atoms with E-state index in [1.165, 1.54) is 5.56 Å². The third-order valence-corrected chi connectivity index (χ3v) is 4.83. The topological polar surface area (TPSA) is 58.1 Å². The van der Waals surface area contributed by atoms with E-state index in [1.807, 2.05) is 24.3 Å². The molecule has 150 valence electrons. The number of anilines is 1. The lowest BCUT2D eigenvalue weighted by Crippen LogP contribution is -2.42. The minimum absolute atomic E-state index is 0.350. The van der Waals surface area contributed by atoms with Gasteiger partial charge in [0.1, 0.15) is 0 Å². The van der Waals surface area contributed by atoms with Gasteiger partial charge in [-0.25, -0.2) is 0 Å². The third-order valence-electron chi connectivity index (χ3n) is 4.83. The fourth-order valence-electron chi connectivity index (χ4n) is 2.98. The van der Waals surface area contributed by atoms with Crippen LogP contribution in [0.3, 0.4) is 0 Å². The number of guanidine groups is 1. The summed E-state index contributed by atoms with van der Waals surface area (Å²) in [7, 11) is 3.91. The van der Waals surface area contributed by atoms with E-state index in [0.717, 1.165) is 42.7 Å². The summed E-state index contributed by atoms with van der Waals surface area (Å²) in [4.78, 5) is 6.66. The fraction of sp³-hybridized carbons (Fsp3) is 0.409. The second-order valence-electron chi connectivity index (χ2n) is 7.04. The van der Waals surface area contributed by atoms with E-state index >= 15 is 0 Å². The molecule has 1 aliphatic rings. The average molecular weight is 383 g/mol. The van der Waals surface area contributed by atoms with Crippen LogP contribution in [0.25, 0.3) is 0 Å². The Hall–Kier alpha value is -2.73. The molecule has 0 aromatic heterocycles. The van der Waals surface area contributed by atoms with Gasteiger partial charge in [-0.15, -0.1) is 0 Å². The molecule has 2 aromatic rings. The molecule has 1 aliphatic heterocycles. The molecule has 0 amide bonds. The molecule has 6 nitrogen and oxygen atoms in total. The molecule has 0 saturated heterocycles. The molecule has 28 heavy (non-hydrogen) atoms. The summed E-state index contributed by atoms with van der Waals surface area (Å²) in [5.74, 6) is 2.30. The zero-order valence-electron chi connectivity index (χ0n) is 16.9. The van der Waals surface area contributed by atoms with Crippen molar-refractivity contribution in [1.82, 2.24) is 10.2 Å². The maximum atomic E-state index is 5.76. The minimum Gasteiger partial charge on any atom is -0.490 e. The van der Waals surface area contributed by atoms with E-state index < -0.39 is 0 Å². The quantitative estimate of drug-likeness (QED) is 0.593. The number of hydrogen-bond acceptors (Lipinski definition) is 4. The predicted molar refractivity (Wildman–Crippen MR) is 114 cm³/mol. The van der Waals surface area contributed by atoms with Gasteiger partial charge in [0.05, 0.1) is 13.2 Å². The number of fused-ring (bicyclic) bond motifs is 1. The number of nitrogens with one attached hydrogen (secondary N) is 2. The molecule has 3 rings (SSSR count). The zero-order chi connectivity index (χ0) is 19.8. The normalized spacial score (nSPS) is 15.1. The standard InChI is InChI=1S/C22H30N4O2/c1-17(26(3)16-18-8-5-4-6-9-18)15-24-22(23-2)25-19-10-11-20-21(14-19)28-13-7-12-27-20/h4-6,8-11,14,17H,7,12-13,15-16H2,1-3H3,(H2,23,24,25). The van der Waals surface area contributed by atoms with Gasteiger partial charge in [-0.2, -0.15) is 0 Å². The first-order chi connectivity index (χ1) is 13.7. The fourth-order valence-corrected chi connectivity index (χ4v) is 2.98. The molecule has 0 spiro atoms. The molecular formula is C22H30N4O2. The molecule has 0 bridgehead atoms. The maximum absolute atomic E-state index is 5.76. The van der Waals surface area contributed by atoms with Crippen LogP contribution < -0.4 is 20.1 Å². The van der Waals surface area contributed by atoms with Crippen LogP contribution in [-0.4, -0.2) is 50.8 Å². The van der Waals surface area contributed by atoms with Crippen LogP contribution in [0.2, 0.25) is 0 Å². The Bertz CT molecular complexity index is 779. The highest BCUT2D eigenvalue weighted by Crippen LogP contribution is 2.32. The third kappa shape index (κ3) is 5.63. The second-order valence-corrected chi connectivity index (χ2v) is 7.04. The van der Waals surface area contributed by atoms with Gasteiger partial charge in [0.2, 0.25) is 0 Å². The Morgan fingerprint density at radius 3 is 2.61 bits per heavy atom. The number of hydrogen-bond donors (Lipinski definition) is 2. The maximum Gasteiger partial charge on any atom is 0.195 e. The lowest BCUT2D eigenvalue weighted by atomic mass is 10.2. The van der Waals surface area contributed by atoms with Crippen LogP contribution in [0.4, 0.5) is 5.69 Å². The predicted octanol–water partition coefficient (Wildman–Crippen LogP) is 3.36. The summed E-state index contributed by atoms with van der Waals surface area (Å²) >= 11 is 0. The molecule has 0 saturated carbocycles. The molecule has 1 unspecified atom stereocenters. The molecule has 1 atom stereocenters. The van der Waals surface area contributed by atoms with Crippen LogP contribution in [0, 0.1) is 0 Å². The van der Waals surface area contributed by atoms with Crippen molar-refractivity contribution in [3.8, 4) is 11.5 Å². The monoisotopic (exact) mass is 382 g/mol. The first-order valence-corrected chi connectivity index (χ1v) is 9.77. The van der Waals surface area contributed by atoms with Gasteiger partial charge >= 0.3 is 0 Å². The minimum atomic E-state index is 0.350. The number of rotatable bonds is 6. The van der Waals surface area contributed by atoms with E-state index in [9.17, 15) is 0 Å². The average Bonchev–Trinajstić information content (AvgIpc) is 2.96. The number of nitrogens with zero attached hydrogens (tertiary/aromatic N) is 2. The summed E-state index contributed by atoms with van der Waals surface area (Å²) in [6.07, 6.45) is 0.898. The highest BCUT2D eigenvalue weighted by molar-refractivity contribution is 5.93. The van der Waals surface area contributed by atoms with E-state index in [4.69, 9.17) is 9.47 Å². The first-order valence-electron chi connectivity index (χ1n) is 9.77. The van der Waals surface area contributed by atoms with Crippen molar-refractivity contribution in [1.29, 1.82) is 0 Å². The Morgan fingerprint density at radius 1 is 1.11 bits per heavy atom. The molecule has 0 radical (unpaired) electrons. The molecule has 6 heteroatoms. The van der Waals surface area contributed by atoms with Gasteiger partial charge in [-0.05, 0) is 31.7 Å². The smallest absolute Gasteiger partial charge is 0.195 e. The van der Waals surface area contributed by atoms with Crippen molar-refractivity contribution >= 4 is 11.6 Å². The Labute approximate surface area is 167 Å². The zero-order valence-corrected chi connectivity index (χ0v) is 16.9. The Kier molecular flexibility index (Phi) is 7.14. The van der Waals surface area contributed by atoms with Crippen molar-refractivity contribution in [3.63, 3.8) is 0 Å². The second kappa shape index (κ2) is 9.99. The highest BCUT2D eigenvalue weighted by atomic mass is 16.5. The number of aliphatic imine (C=N–C) groups is 1. The number of benzene rings is 2. The number of ether oxygens (including phenoxy) is 2. The van der Waals surface area contributed by atoms with Crippen molar-refractivity contribution in [3.05, 3.63) is 54.1 Å². The van der Waals surface area contributed by atoms with E-state index in [1.54, 1.807) is 7.05 Å². The summed E-state index contributed by atoms with van der Waals surface area (Å²) in [6, 6.07) is 16.7. The molecule has 2 N–H and O–H groups in total. The Balaban J connectivity index is 1.52.